The number of carbonyl (C=O) groups excluding carboxylic acids is 13. The maximum atomic E-state index is 12.5. The lowest BCUT2D eigenvalue weighted by molar-refractivity contribution is -0.127. The van der Waals surface area contributed by atoms with Crippen LogP contribution < -0.4 is 140 Å². The van der Waals surface area contributed by atoms with E-state index >= 15 is 0 Å². The highest BCUT2D eigenvalue weighted by Crippen LogP contribution is 2.27. The summed E-state index contributed by atoms with van der Waals surface area (Å²) in [7, 11) is -0.827. The summed E-state index contributed by atoms with van der Waals surface area (Å²) < 4.78 is 27.4. The van der Waals surface area contributed by atoms with Crippen LogP contribution in [0.15, 0.2) is 155 Å². The monoisotopic (exact) mass is 1980 g/mol. The maximum Gasteiger partial charge on any atom is 0.246 e. The summed E-state index contributed by atoms with van der Waals surface area (Å²) >= 11 is 0. The highest BCUT2D eigenvalue weighted by atomic mass is 32.2. The predicted octanol–water partition coefficient (Wildman–Crippen LogP) is 14.6. The quantitative estimate of drug-likeness (QED) is 0.0203. The Morgan fingerprint density at radius 3 is 1.01 bits per heavy atom. The van der Waals surface area contributed by atoms with Gasteiger partial charge in [0.2, 0.25) is 27.7 Å². The first-order valence-electron chi connectivity index (χ1n) is 40.8. The number of nitrogens with zero attached hydrogens (tertiary/aromatic N) is 2. The van der Waals surface area contributed by atoms with E-state index in [9.17, 15) is 27.9 Å². The Bertz CT molecular complexity index is 3570. The number of amides is 3. The third-order valence-electron chi connectivity index (χ3n) is 17.8. The molecule has 2 saturated heterocycles. The number of fused-ring (bicyclic) bond motifs is 2. The second kappa shape index (κ2) is 139. The molecule has 2 aliphatic carbocycles. The number of hydrogen-bond donors (Lipinski definition) is 27. The van der Waals surface area contributed by atoms with Crippen molar-refractivity contribution in [1.29, 1.82) is 0 Å². The number of nitrogens with two attached hydrogens (primary N) is 4. The van der Waals surface area contributed by atoms with E-state index in [0.29, 0.717) is 0 Å². The number of guanidine groups is 2. The van der Waals surface area contributed by atoms with Crippen molar-refractivity contribution in [3.8, 4) is 5.75 Å². The predicted molar refractivity (Wildman–Crippen MR) is 574 cm³/mol. The molecule has 137 heavy (non-hydrogen) atoms. The second-order valence-electron chi connectivity index (χ2n) is 26.1. The van der Waals surface area contributed by atoms with Crippen molar-refractivity contribution in [2.45, 2.75) is 220 Å². The smallest absolute Gasteiger partial charge is 0.246 e. The number of aromatic amines is 2. The average molecular weight is 1980 g/mol. The lowest BCUT2D eigenvalue weighted by atomic mass is 9.88. The Kier molecular flexibility index (Phi) is 188. The number of phenols is 1. The zero-order chi connectivity index (χ0) is 95.9. The van der Waals surface area contributed by atoms with Gasteiger partial charge in [0.1, 0.15) is 85.7 Å². The van der Waals surface area contributed by atoms with Crippen LogP contribution in [0.3, 0.4) is 0 Å². The normalized spacial score (nSPS) is 11.0. The molecule has 0 radical (unpaired) electrons. The van der Waals surface area contributed by atoms with Crippen LogP contribution >= 0.6 is 0 Å². The Labute approximate surface area is 820 Å². The minimum atomic E-state index is -3.82. The number of phenolic OH excluding ortho intramolecular Hbond substituents is 1. The number of aryl methyl sites for hydroxylation is 3. The van der Waals surface area contributed by atoms with E-state index < -0.39 is 28.0 Å². The molecule has 4 aliphatic rings. The molecule has 2 atom stereocenters. The zero-order valence-electron chi connectivity index (χ0n) is 85.2. The van der Waals surface area contributed by atoms with Crippen molar-refractivity contribution in [2.75, 3.05) is 53.4 Å². The fourth-order valence-corrected chi connectivity index (χ4v) is 12.7. The van der Waals surface area contributed by atoms with Gasteiger partial charge in [0.05, 0.1) is 4.90 Å². The third kappa shape index (κ3) is 101. The summed E-state index contributed by atoms with van der Waals surface area (Å²) in [6, 6.07) is 37.0. The van der Waals surface area contributed by atoms with E-state index in [0.717, 1.165) is 80.1 Å². The summed E-state index contributed by atoms with van der Waals surface area (Å²) in [5, 5.41) is 26.0. The largest absolute Gasteiger partial charge is 0.508 e. The molecule has 2 saturated carbocycles. The van der Waals surface area contributed by atoms with Crippen LogP contribution in [0.1, 0.15) is 211 Å². The van der Waals surface area contributed by atoms with Crippen LogP contribution in [0, 0.1) is 18.8 Å². The van der Waals surface area contributed by atoms with E-state index in [1.54, 1.807) is 43.4 Å². The molecule has 0 unspecified atom stereocenters. The number of aliphatic imine (C=N–C) groups is 2. The molecule has 0 spiro atoms. The highest BCUT2D eigenvalue weighted by molar-refractivity contribution is 7.89. The number of aromatic nitrogens is 2. The summed E-state index contributed by atoms with van der Waals surface area (Å²) in [6.07, 6.45) is 34.4. The van der Waals surface area contributed by atoms with Crippen LogP contribution in [0.25, 0.3) is 21.8 Å². The third-order valence-corrected chi connectivity index (χ3v) is 19.3. The number of likely N-dealkylation sites (N-methyl/N-ethyl adjacent to an activating group) is 2. The van der Waals surface area contributed by atoms with Gasteiger partial charge in [-0.2, -0.15) is 4.72 Å². The molecule has 0 bridgehead atoms. The first kappa shape index (κ1) is 185. The SMILES string of the molecule is C1CCNC1.C1CCNC1.C=O.C=O.C=O.C=O.C=O.C=O.C=O.C=O.C=O.C=O.CCC1CCCCC1.CCC1CCCCC1.CCCCN=C(N)N.CCCCN=C(N)N.CCc1c[nH]c2ccccc12.CCc1c[nH]c2ccccc12.CNC(=O)[C@@H](NC(C)=O)c1ccccc1.CNC(=O)[C@H](Cc1ccc(O)cc1)NS(=O)(=O)c1ccc(C)cc1.N.N.N.N.N.N.N.N.N.N.N.N.N.N. The number of benzene rings is 5. The van der Waals surface area contributed by atoms with E-state index in [1.165, 1.54) is 200 Å². The van der Waals surface area contributed by atoms with Crippen molar-refractivity contribution < 1.29 is 75.9 Å². The highest BCUT2D eigenvalue weighted by Gasteiger charge is 2.26. The molecule has 11 rings (SSSR count). The molecule has 804 valence electrons. The van der Waals surface area contributed by atoms with Gasteiger partial charge < -0.3 is 199 Å². The molecular weight excluding hydrogens is 1790 g/mol. The van der Waals surface area contributed by atoms with Gasteiger partial charge >= 0.3 is 0 Å². The molecule has 45 heteroatoms. The van der Waals surface area contributed by atoms with Gasteiger partial charge in [-0.15, -0.1) is 0 Å². The van der Waals surface area contributed by atoms with Gasteiger partial charge in [0.25, 0.3) is 0 Å². The van der Waals surface area contributed by atoms with E-state index in [1.807, 2.05) is 93.0 Å². The molecule has 2 aliphatic heterocycles. The second-order valence-corrected chi connectivity index (χ2v) is 27.8. The Balaban J connectivity index is -0.0000000498. The van der Waals surface area contributed by atoms with E-state index in [4.69, 9.17) is 70.9 Å². The number of unbranched alkanes of at least 4 members (excludes halogenated alkanes) is 2. The molecule has 3 amide bonds. The van der Waals surface area contributed by atoms with E-state index in [2.05, 4.69) is 154 Å². The fourth-order valence-electron chi connectivity index (χ4n) is 11.5. The average Bonchev–Trinajstić information content (AvgIpc) is 1.81. The molecule has 4 heterocycles. The number of H-pyrrole nitrogens is 2. The standard InChI is InChI=1S/C17H20N2O4S.C11H14N2O2.2C10H11N.2C8H16.2C5H13N3.2C4H9N.10CH2O.14H3N/c1-12-3-9-15(10-4-12)24(22,23)19-16(17(21)18-2)11-13-5-7-14(20)8-6-13;1-8(14)13-10(11(15)12-2)9-6-4-3-5-7-9;2*1-2-8-7-11-10-6-4-3-5-9(8)10;2*1-2-8-6-4-3-5-7-8;2*1-2-3-4-8-5(6)7;2*1-2-4-5-3-1;10*1-2;;;;;;;;;;;;;;/h3-10,16,19-20H,11H2,1-2H3,(H,18,21);3-7,10H,1-2H3,(H,12,15)(H,13,14);2*3-7,11H,2H2,1H3;2*8H,2-7H2,1H3;2*2-4H2,1H3,(H4,6,7,8);2*5H,1-4H2;10*1H2;14*1H3/t16-;10-;;;;;;;;;;;;;;;;;;;;;;;;;;;;;;;;/m00................................/s1. The van der Waals surface area contributed by atoms with Crippen molar-refractivity contribution in [1.82, 2.24) is 127 Å². The van der Waals surface area contributed by atoms with Crippen LogP contribution in [0.2, 0.25) is 0 Å². The number of hydrogen-bond acceptors (Lipinski definition) is 34. The Morgan fingerprint density at radius 1 is 0.431 bits per heavy atom. The van der Waals surface area contributed by atoms with Crippen molar-refractivity contribution in [3.63, 3.8) is 0 Å². The first-order chi connectivity index (χ1) is 59.7. The topological polar surface area (TPSA) is 999 Å². The number of rotatable bonds is 19. The zero-order valence-corrected chi connectivity index (χ0v) is 86.1. The van der Waals surface area contributed by atoms with Gasteiger partial charge in [0, 0.05) is 68.3 Å². The summed E-state index contributed by atoms with van der Waals surface area (Å²) in [5.74, 6) is 1.78. The summed E-state index contributed by atoms with van der Waals surface area (Å²) in [4.78, 5) is 129. The molecule has 59 N–H and O–H groups in total. The van der Waals surface area contributed by atoms with Crippen LogP contribution in [-0.2, 0) is 91.6 Å². The number of para-hydroxylation sites is 2. The van der Waals surface area contributed by atoms with Crippen molar-refractivity contribution in [2.24, 2.45) is 44.8 Å². The van der Waals surface area contributed by atoms with Gasteiger partial charge in [0.15, 0.2) is 11.9 Å². The molecule has 2 aromatic heterocycles. The molecule has 4 fully saturated rings. The maximum absolute atomic E-state index is 12.5. The summed E-state index contributed by atoms with van der Waals surface area (Å²) in [6.45, 7) is 43.0. The van der Waals surface area contributed by atoms with E-state index in [-0.39, 0.29) is 127 Å². The lowest BCUT2D eigenvalue weighted by Crippen LogP contribution is -2.46. The van der Waals surface area contributed by atoms with Crippen LogP contribution in [0.5, 0.6) is 5.75 Å². The number of nitrogens with one attached hydrogen (secondary N) is 8. The van der Waals surface area contributed by atoms with Gasteiger partial charge in [-0.25, -0.2) is 8.42 Å². The Hall–Kier alpha value is -12.1. The number of aromatic hydroxyl groups is 1. The first-order valence-corrected chi connectivity index (χ1v) is 42.3. The molecule has 44 nitrogen and oxygen atoms in total. The Morgan fingerprint density at radius 2 is 0.745 bits per heavy atom. The van der Waals surface area contributed by atoms with Gasteiger partial charge in [-0.1, -0.05) is 228 Å². The van der Waals surface area contributed by atoms with Gasteiger partial charge in [-0.05, 0) is 161 Å². The number of carbonyl (C=O) groups is 13. The van der Waals surface area contributed by atoms with Crippen molar-refractivity contribution in [3.05, 3.63) is 168 Å². The molecule has 7 aromatic rings. The number of sulfonamides is 1. The van der Waals surface area contributed by atoms with Gasteiger partial charge in [-0.3, -0.25) is 24.4 Å². The molecule has 5 aromatic carbocycles. The minimum absolute atomic E-state index is 0. The van der Waals surface area contributed by atoms with Crippen LogP contribution in [-0.4, -0.2) is 180 Å². The minimum Gasteiger partial charge on any atom is -0.508 e. The summed E-state index contributed by atoms with van der Waals surface area (Å²) in [5.41, 5.74) is 28.0. The lowest BCUT2D eigenvalue weighted by Gasteiger charge is -2.18. The van der Waals surface area contributed by atoms with Crippen LogP contribution in [0.4, 0.5) is 0 Å². The fraction of sp³-hybridized carbons (Fsp3) is 0.467. The van der Waals surface area contributed by atoms with Crippen molar-refractivity contribution >= 4 is 129 Å². The molecular formula is C92H194N28O16S.